The van der Waals surface area contributed by atoms with Gasteiger partial charge in [-0.05, 0) is 33.4 Å². The summed E-state index contributed by atoms with van der Waals surface area (Å²) in [5, 5.41) is -5.96. The Hall–Kier alpha value is -3.31. The Morgan fingerprint density at radius 3 is 1.51 bits per heavy atom. The van der Waals surface area contributed by atoms with Crippen molar-refractivity contribution in [3.05, 3.63) is 106 Å². The van der Waals surface area contributed by atoms with Gasteiger partial charge >= 0.3 is 17.4 Å². The van der Waals surface area contributed by atoms with Crippen LogP contribution >= 0.6 is 0 Å². The molecule has 182 valence electrons. The van der Waals surface area contributed by atoms with Crippen LogP contribution in [0.4, 0.5) is 22.0 Å². The lowest BCUT2D eigenvalue weighted by Crippen LogP contribution is -2.56. The molecule has 0 heterocycles. The van der Waals surface area contributed by atoms with Gasteiger partial charge in [-0.25, -0.2) is 8.42 Å². The van der Waals surface area contributed by atoms with Gasteiger partial charge in [0.05, 0.1) is 0 Å². The number of hydrogen-bond acceptors (Lipinski definition) is 5. The Labute approximate surface area is 195 Å². The van der Waals surface area contributed by atoms with Crippen LogP contribution in [0.25, 0.3) is 0 Å². The largest absolute Gasteiger partial charge is 0.743 e. The van der Waals surface area contributed by atoms with Crippen molar-refractivity contribution in [3.8, 4) is 0 Å². The van der Waals surface area contributed by atoms with Gasteiger partial charge in [-0.3, -0.25) is 4.79 Å². The molecule has 0 N–H and O–H groups in total. The fraction of sp³-hybridized carbons (Fsp3) is 0.208. The van der Waals surface area contributed by atoms with E-state index in [-0.39, 0.29) is 22.6 Å². The lowest BCUT2D eigenvalue weighted by atomic mass is 9.53. The van der Waals surface area contributed by atoms with Crippen LogP contribution < -0.4 is 0 Å². The first-order valence-corrected chi connectivity index (χ1v) is 11.6. The SMILES string of the molecule is O=C(OC(C(F)(F)F)C(F)(F)S(=O)(=O)[O-])C12c3ccccc3C(c3ccccc31)c1ccccc12. The number of halogens is 5. The number of hydrogen-bond donors (Lipinski definition) is 0. The summed E-state index contributed by atoms with van der Waals surface area (Å²) in [6.07, 6.45) is -10.6. The Morgan fingerprint density at radius 1 is 0.800 bits per heavy atom. The van der Waals surface area contributed by atoms with Crippen molar-refractivity contribution >= 4 is 16.1 Å². The lowest BCUT2D eigenvalue weighted by molar-refractivity contribution is -0.260. The second kappa shape index (κ2) is 7.34. The number of rotatable bonds is 4. The standard InChI is InChI=1S/C24H15F5O5S/c25-23(26,27)20(24(28,29)35(31,32)33)34-21(30)22-16-10-4-1-7-13(16)19(14-8-2-5-11-17(14)22)15-9-3-6-12-18(15)22/h1-12,19-20H,(H,31,32,33)/p-1. The van der Waals surface area contributed by atoms with E-state index in [1.54, 1.807) is 36.4 Å². The van der Waals surface area contributed by atoms with E-state index in [4.69, 9.17) is 0 Å². The minimum Gasteiger partial charge on any atom is -0.743 e. The molecular formula is C24H14F5O5S-. The third-order valence-corrected chi connectivity index (χ3v) is 7.38. The zero-order valence-corrected chi connectivity index (χ0v) is 18.2. The van der Waals surface area contributed by atoms with E-state index in [1.165, 1.54) is 36.4 Å². The van der Waals surface area contributed by atoms with Gasteiger partial charge in [0.25, 0.3) is 6.10 Å². The van der Waals surface area contributed by atoms with E-state index in [2.05, 4.69) is 4.74 Å². The molecule has 3 aliphatic rings. The van der Waals surface area contributed by atoms with Crippen LogP contribution in [0, 0.1) is 0 Å². The smallest absolute Gasteiger partial charge is 0.432 e. The second-order valence-electron chi connectivity index (χ2n) is 8.29. The van der Waals surface area contributed by atoms with Crippen LogP contribution in [0.3, 0.4) is 0 Å². The zero-order valence-electron chi connectivity index (χ0n) is 17.4. The van der Waals surface area contributed by atoms with Crippen molar-refractivity contribution in [1.29, 1.82) is 0 Å². The third kappa shape index (κ3) is 3.07. The van der Waals surface area contributed by atoms with Crippen LogP contribution in [0.5, 0.6) is 0 Å². The Kier molecular flexibility index (Phi) is 4.92. The van der Waals surface area contributed by atoms with Crippen molar-refractivity contribution in [1.82, 2.24) is 0 Å². The van der Waals surface area contributed by atoms with Crippen molar-refractivity contribution in [2.45, 2.75) is 28.9 Å². The highest BCUT2D eigenvalue weighted by Gasteiger charge is 2.65. The summed E-state index contributed by atoms with van der Waals surface area (Å²) in [5.41, 5.74) is 0.255. The number of esters is 1. The Balaban J connectivity index is 1.79. The lowest BCUT2D eigenvalue weighted by Gasteiger charge is -2.49. The molecule has 3 aromatic rings. The monoisotopic (exact) mass is 509 g/mol. The van der Waals surface area contributed by atoms with Gasteiger partial charge in [0, 0.05) is 5.92 Å². The first-order chi connectivity index (χ1) is 16.3. The van der Waals surface area contributed by atoms with Gasteiger partial charge in [-0.15, -0.1) is 0 Å². The summed E-state index contributed by atoms with van der Waals surface area (Å²) in [6.45, 7) is 0. The molecule has 0 saturated carbocycles. The highest BCUT2D eigenvalue weighted by molar-refractivity contribution is 7.86. The average molecular weight is 509 g/mol. The van der Waals surface area contributed by atoms with Gasteiger partial charge in [0.1, 0.15) is 5.41 Å². The molecular weight excluding hydrogens is 495 g/mol. The predicted octanol–water partition coefficient (Wildman–Crippen LogP) is 4.44. The first-order valence-electron chi connectivity index (χ1n) is 10.2. The summed E-state index contributed by atoms with van der Waals surface area (Å²) in [6, 6.07) is 19.1. The third-order valence-electron chi connectivity index (χ3n) is 6.49. The van der Waals surface area contributed by atoms with E-state index in [0.29, 0.717) is 16.7 Å². The quantitative estimate of drug-likeness (QED) is 0.295. The van der Waals surface area contributed by atoms with Crippen LogP contribution in [0.1, 0.15) is 39.3 Å². The molecule has 5 nitrogen and oxygen atoms in total. The number of alkyl halides is 5. The van der Waals surface area contributed by atoms with E-state index < -0.39 is 39.0 Å². The summed E-state index contributed by atoms with van der Waals surface area (Å²) < 4.78 is 107. The molecule has 3 aromatic carbocycles. The minimum atomic E-state index is -6.84. The highest BCUT2D eigenvalue weighted by Crippen LogP contribution is 2.59. The molecule has 0 radical (unpaired) electrons. The molecule has 0 spiro atoms. The number of ether oxygens (including phenoxy) is 1. The second-order valence-corrected chi connectivity index (χ2v) is 9.74. The van der Waals surface area contributed by atoms with Gasteiger partial charge in [0.2, 0.25) is 0 Å². The van der Waals surface area contributed by atoms with Crippen LogP contribution in [-0.2, 0) is 25.1 Å². The minimum absolute atomic E-state index is 0.224. The number of carbonyl (C=O) groups excluding carboxylic acids is 1. The van der Waals surface area contributed by atoms with Gasteiger partial charge in [-0.2, -0.15) is 22.0 Å². The first kappa shape index (κ1) is 23.4. The van der Waals surface area contributed by atoms with E-state index in [1.807, 2.05) is 0 Å². The normalized spacial score (nSPS) is 21.5. The fourth-order valence-electron chi connectivity index (χ4n) is 5.19. The summed E-state index contributed by atoms with van der Waals surface area (Å²) in [4.78, 5) is 13.7. The maximum atomic E-state index is 14.2. The summed E-state index contributed by atoms with van der Waals surface area (Å²) in [7, 11) is -6.84. The van der Waals surface area contributed by atoms with Gasteiger partial charge < -0.3 is 9.29 Å². The molecule has 0 aliphatic heterocycles. The van der Waals surface area contributed by atoms with E-state index >= 15 is 0 Å². The van der Waals surface area contributed by atoms with Crippen LogP contribution in [0.2, 0.25) is 0 Å². The molecule has 1 unspecified atom stereocenters. The molecule has 1 atom stereocenters. The molecule has 3 aliphatic carbocycles. The molecule has 0 saturated heterocycles. The van der Waals surface area contributed by atoms with Crippen molar-refractivity contribution < 1.29 is 44.5 Å². The molecule has 35 heavy (non-hydrogen) atoms. The molecule has 0 amide bonds. The zero-order chi connectivity index (χ0) is 25.4. The van der Waals surface area contributed by atoms with Gasteiger partial charge in [-0.1, -0.05) is 72.8 Å². The molecule has 11 heteroatoms. The Morgan fingerprint density at radius 2 is 1.17 bits per heavy atom. The highest BCUT2D eigenvalue weighted by atomic mass is 32.2. The van der Waals surface area contributed by atoms with E-state index in [9.17, 15) is 39.7 Å². The maximum absolute atomic E-state index is 14.2. The number of benzene rings is 3. The van der Waals surface area contributed by atoms with Crippen LogP contribution in [-0.4, -0.2) is 36.5 Å². The van der Waals surface area contributed by atoms with E-state index in [0.717, 1.165) is 0 Å². The molecule has 6 rings (SSSR count). The molecule has 0 fully saturated rings. The van der Waals surface area contributed by atoms with Crippen molar-refractivity contribution in [3.63, 3.8) is 0 Å². The summed E-state index contributed by atoms with van der Waals surface area (Å²) >= 11 is 0. The topological polar surface area (TPSA) is 83.5 Å². The van der Waals surface area contributed by atoms with Crippen LogP contribution in [0.15, 0.2) is 72.8 Å². The molecule has 0 aromatic heterocycles. The maximum Gasteiger partial charge on any atom is 0.432 e. The van der Waals surface area contributed by atoms with Crippen molar-refractivity contribution in [2.24, 2.45) is 0 Å². The summed E-state index contributed by atoms with van der Waals surface area (Å²) in [5.74, 6) is -2.15. The average Bonchev–Trinajstić information content (AvgIpc) is 2.80. The fourth-order valence-corrected chi connectivity index (χ4v) is 5.63. The van der Waals surface area contributed by atoms with Crippen molar-refractivity contribution in [2.75, 3.05) is 0 Å². The predicted molar refractivity (Wildman–Crippen MR) is 111 cm³/mol. The molecule has 2 bridgehead atoms. The Bertz CT molecular complexity index is 1350. The number of carbonyl (C=O) groups is 1. The van der Waals surface area contributed by atoms with Gasteiger partial charge in [0.15, 0.2) is 10.1 Å².